The Bertz CT molecular complexity index is 179. The summed E-state index contributed by atoms with van der Waals surface area (Å²) >= 11 is 0. The molecule has 0 spiro atoms. The molecule has 4 nitrogen and oxygen atoms in total. The van der Waals surface area contributed by atoms with Crippen LogP contribution in [0.1, 0.15) is 32.6 Å². The van der Waals surface area contributed by atoms with Crippen molar-refractivity contribution in [2.24, 2.45) is 0 Å². The third-order valence-corrected chi connectivity index (χ3v) is 2.66. The lowest BCUT2D eigenvalue weighted by atomic mass is 10.0. The second-order valence-corrected chi connectivity index (χ2v) is 3.92. The molecule has 88 valence electrons. The lowest BCUT2D eigenvalue weighted by molar-refractivity contribution is -0.125. The molecule has 1 amide bonds. The molecule has 1 unspecified atom stereocenters. The highest BCUT2D eigenvalue weighted by molar-refractivity contribution is 5.77. The van der Waals surface area contributed by atoms with E-state index in [1.165, 1.54) is 19.3 Å². The van der Waals surface area contributed by atoms with Gasteiger partial charge in [-0.25, -0.2) is 0 Å². The van der Waals surface area contributed by atoms with E-state index in [2.05, 4.69) is 10.6 Å². The van der Waals surface area contributed by atoms with Crippen LogP contribution in [-0.4, -0.2) is 38.3 Å². The average Bonchev–Trinajstić information content (AvgIpc) is 2.28. The van der Waals surface area contributed by atoms with Crippen molar-refractivity contribution in [2.45, 2.75) is 38.6 Å². The van der Waals surface area contributed by atoms with Gasteiger partial charge in [0.2, 0.25) is 5.91 Å². The third kappa shape index (κ3) is 5.74. The van der Waals surface area contributed by atoms with E-state index in [0.29, 0.717) is 12.6 Å². The van der Waals surface area contributed by atoms with Crippen LogP contribution in [-0.2, 0) is 9.53 Å². The van der Waals surface area contributed by atoms with Gasteiger partial charge in [0.15, 0.2) is 0 Å². The van der Waals surface area contributed by atoms with Crippen molar-refractivity contribution in [3.63, 3.8) is 0 Å². The van der Waals surface area contributed by atoms with Crippen molar-refractivity contribution in [3.8, 4) is 0 Å². The number of ether oxygens (including phenoxy) is 1. The highest BCUT2D eigenvalue weighted by Gasteiger charge is 2.12. The minimum absolute atomic E-state index is 0.00680. The Morgan fingerprint density at radius 3 is 3.07 bits per heavy atom. The van der Waals surface area contributed by atoms with Gasteiger partial charge in [-0.05, 0) is 32.7 Å². The molecule has 0 aromatic heterocycles. The second kappa shape index (κ2) is 7.65. The van der Waals surface area contributed by atoms with Gasteiger partial charge in [0.25, 0.3) is 0 Å². The summed E-state index contributed by atoms with van der Waals surface area (Å²) in [5.74, 6) is -0.00680. The first-order valence-electron chi connectivity index (χ1n) is 5.90. The van der Waals surface area contributed by atoms with Crippen molar-refractivity contribution in [1.82, 2.24) is 10.6 Å². The van der Waals surface area contributed by atoms with Crippen molar-refractivity contribution in [2.75, 3.05) is 26.3 Å². The summed E-state index contributed by atoms with van der Waals surface area (Å²) < 4.78 is 5.01. The maximum atomic E-state index is 11.2. The second-order valence-electron chi connectivity index (χ2n) is 3.92. The molecule has 1 aliphatic heterocycles. The first-order chi connectivity index (χ1) is 7.33. The predicted octanol–water partition coefficient (Wildman–Crippen LogP) is 0.671. The number of amides is 1. The SMILES string of the molecule is CCOCC(=O)NCCC1CCCCN1. The number of piperidine rings is 1. The third-order valence-electron chi connectivity index (χ3n) is 2.66. The van der Waals surface area contributed by atoms with Gasteiger partial charge in [0.05, 0.1) is 0 Å². The van der Waals surface area contributed by atoms with Crippen LogP contribution in [0.3, 0.4) is 0 Å². The molecule has 1 atom stereocenters. The number of hydrogen-bond donors (Lipinski definition) is 2. The molecule has 0 aliphatic carbocycles. The number of carbonyl (C=O) groups is 1. The van der Waals surface area contributed by atoms with Gasteiger partial charge in [-0.3, -0.25) is 4.79 Å². The van der Waals surface area contributed by atoms with E-state index in [0.717, 1.165) is 19.5 Å². The summed E-state index contributed by atoms with van der Waals surface area (Å²) in [5.41, 5.74) is 0. The summed E-state index contributed by atoms with van der Waals surface area (Å²) in [4.78, 5) is 11.2. The molecule has 2 N–H and O–H groups in total. The van der Waals surface area contributed by atoms with E-state index >= 15 is 0 Å². The normalized spacial score (nSPS) is 21.3. The Morgan fingerprint density at radius 2 is 2.40 bits per heavy atom. The summed E-state index contributed by atoms with van der Waals surface area (Å²) in [5, 5.41) is 6.31. The van der Waals surface area contributed by atoms with Crippen LogP contribution in [0.5, 0.6) is 0 Å². The first-order valence-corrected chi connectivity index (χ1v) is 5.90. The molecule has 0 radical (unpaired) electrons. The minimum Gasteiger partial charge on any atom is -0.372 e. The van der Waals surface area contributed by atoms with Gasteiger partial charge in [-0.1, -0.05) is 6.42 Å². The van der Waals surface area contributed by atoms with Crippen LogP contribution in [0.25, 0.3) is 0 Å². The standard InChI is InChI=1S/C11H22N2O2/c1-2-15-9-11(14)13-8-6-10-5-3-4-7-12-10/h10,12H,2-9H2,1H3,(H,13,14). The van der Waals surface area contributed by atoms with Crippen molar-refractivity contribution in [3.05, 3.63) is 0 Å². The molecule has 1 fully saturated rings. The van der Waals surface area contributed by atoms with Gasteiger partial charge < -0.3 is 15.4 Å². The molecular weight excluding hydrogens is 192 g/mol. The fourth-order valence-corrected chi connectivity index (χ4v) is 1.80. The number of rotatable bonds is 6. The molecule has 0 aromatic carbocycles. The summed E-state index contributed by atoms with van der Waals surface area (Å²) in [6.07, 6.45) is 4.86. The van der Waals surface area contributed by atoms with Crippen LogP contribution in [0.4, 0.5) is 0 Å². The zero-order valence-corrected chi connectivity index (χ0v) is 9.55. The largest absolute Gasteiger partial charge is 0.372 e. The van der Waals surface area contributed by atoms with Gasteiger partial charge in [-0.2, -0.15) is 0 Å². The average molecular weight is 214 g/mol. The minimum atomic E-state index is -0.00680. The summed E-state index contributed by atoms with van der Waals surface area (Å²) in [7, 11) is 0. The topological polar surface area (TPSA) is 50.4 Å². The van der Waals surface area contributed by atoms with E-state index in [4.69, 9.17) is 4.74 Å². The van der Waals surface area contributed by atoms with Gasteiger partial charge >= 0.3 is 0 Å². The maximum absolute atomic E-state index is 11.2. The number of nitrogens with one attached hydrogen (secondary N) is 2. The quantitative estimate of drug-likeness (QED) is 0.683. The van der Waals surface area contributed by atoms with E-state index in [1.54, 1.807) is 0 Å². The summed E-state index contributed by atoms with van der Waals surface area (Å²) in [6.45, 7) is 4.55. The Balaban J connectivity index is 1.97. The molecule has 0 saturated carbocycles. The molecule has 1 heterocycles. The van der Waals surface area contributed by atoms with E-state index in [-0.39, 0.29) is 12.5 Å². The highest BCUT2D eigenvalue weighted by atomic mass is 16.5. The lowest BCUT2D eigenvalue weighted by Gasteiger charge is -2.23. The fraction of sp³-hybridized carbons (Fsp3) is 0.909. The van der Waals surface area contributed by atoms with Crippen LogP contribution in [0.15, 0.2) is 0 Å². The fourth-order valence-electron chi connectivity index (χ4n) is 1.80. The smallest absolute Gasteiger partial charge is 0.245 e. The van der Waals surface area contributed by atoms with Crippen LogP contribution < -0.4 is 10.6 Å². The molecule has 0 aromatic rings. The number of carbonyl (C=O) groups excluding carboxylic acids is 1. The Morgan fingerprint density at radius 1 is 1.53 bits per heavy atom. The molecule has 4 heteroatoms. The van der Waals surface area contributed by atoms with Crippen molar-refractivity contribution >= 4 is 5.91 Å². The molecule has 1 rings (SSSR count). The Hall–Kier alpha value is -0.610. The van der Waals surface area contributed by atoms with Gasteiger partial charge in [0, 0.05) is 19.2 Å². The Kier molecular flexibility index (Phi) is 6.36. The van der Waals surface area contributed by atoms with Crippen LogP contribution in [0, 0.1) is 0 Å². The van der Waals surface area contributed by atoms with Crippen LogP contribution in [0.2, 0.25) is 0 Å². The van der Waals surface area contributed by atoms with Crippen LogP contribution >= 0.6 is 0 Å². The van der Waals surface area contributed by atoms with E-state index < -0.39 is 0 Å². The summed E-state index contributed by atoms with van der Waals surface area (Å²) in [6, 6.07) is 0.589. The molecule has 0 bridgehead atoms. The van der Waals surface area contributed by atoms with Crippen molar-refractivity contribution < 1.29 is 9.53 Å². The molecule has 1 saturated heterocycles. The predicted molar refractivity (Wildman–Crippen MR) is 59.8 cm³/mol. The molecule has 1 aliphatic rings. The van der Waals surface area contributed by atoms with E-state index in [9.17, 15) is 4.79 Å². The maximum Gasteiger partial charge on any atom is 0.245 e. The van der Waals surface area contributed by atoms with E-state index in [1.807, 2.05) is 6.92 Å². The van der Waals surface area contributed by atoms with Gasteiger partial charge in [0.1, 0.15) is 6.61 Å². The molecule has 15 heavy (non-hydrogen) atoms. The first kappa shape index (κ1) is 12.5. The molecular formula is C11H22N2O2. The highest BCUT2D eigenvalue weighted by Crippen LogP contribution is 2.08. The zero-order valence-electron chi connectivity index (χ0n) is 9.55. The van der Waals surface area contributed by atoms with Crippen molar-refractivity contribution in [1.29, 1.82) is 0 Å². The zero-order chi connectivity index (χ0) is 10.9. The number of hydrogen-bond acceptors (Lipinski definition) is 3. The monoisotopic (exact) mass is 214 g/mol. The lowest BCUT2D eigenvalue weighted by Crippen LogP contribution is -2.38. The van der Waals surface area contributed by atoms with Gasteiger partial charge in [-0.15, -0.1) is 0 Å². The Labute approximate surface area is 91.8 Å².